The van der Waals surface area contributed by atoms with E-state index in [4.69, 9.17) is 14.6 Å². The van der Waals surface area contributed by atoms with Gasteiger partial charge in [0.15, 0.2) is 11.5 Å². The normalized spacial score (nSPS) is 13.9. The molecule has 1 atom stereocenters. The molecule has 0 spiro atoms. The lowest BCUT2D eigenvalue weighted by Crippen LogP contribution is -2.35. The Kier molecular flexibility index (Phi) is 6.33. The van der Waals surface area contributed by atoms with Crippen molar-refractivity contribution >= 4 is 12.0 Å². The molecule has 1 amide bonds. The molecule has 2 heterocycles. The Morgan fingerprint density at radius 2 is 1.97 bits per heavy atom. The van der Waals surface area contributed by atoms with Crippen LogP contribution in [-0.2, 0) is 4.79 Å². The minimum Gasteiger partial charge on any atom is -0.486 e. The fourth-order valence-corrected chi connectivity index (χ4v) is 3.33. The third-order valence-corrected chi connectivity index (χ3v) is 5.05. The molecule has 31 heavy (non-hydrogen) atoms. The molecule has 1 aromatic heterocycles. The van der Waals surface area contributed by atoms with Gasteiger partial charge in [-0.15, -0.1) is 0 Å². The number of para-hydroxylation sites is 1. The lowest BCUT2D eigenvalue weighted by atomic mass is 10.1. The van der Waals surface area contributed by atoms with Crippen LogP contribution in [-0.4, -0.2) is 46.7 Å². The molecule has 0 radical (unpaired) electrons. The van der Waals surface area contributed by atoms with Gasteiger partial charge in [0.25, 0.3) is 0 Å². The summed E-state index contributed by atoms with van der Waals surface area (Å²) in [5.74, 6) is 1.13. The summed E-state index contributed by atoms with van der Waals surface area (Å²) < 4.78 is 13.1. The largest absolute Gasteiger partial charge is 0.486 e. The molecule has 1 aliphatic rings. The molecule has 2 aromatic carbocycles. The molecule has 3 aromatic rings. The monoisotopic (exact) mass is 419 g/mol. The van der Waals surface area contributed by atoms with E-state index in [1.54, 1.807) is 10.8 Å². The number of hydrogen-bond donors (Lipinski definition) is 2. The second-order valence-corrected chi connectivity index (χ2v) is 7.20. The van der Waals surface area contributed by atoms with E-state index in [1.165, 1.54) is 6.08 Å². The molecule has 0 saturated heterocycles. The molecule has 7 nitrogen and oxygen atoms in total. The van der Waals surface area contributed by atoms with Crippen molar-refractivity contribution in [3.63, 3.8) is 0 Å². The number of aliphatic hydroxyl groups is 1. The van der Waals surface area contributed by atoms with Gasteiger partial charge in [-0.3, -0.25) is 4.79 Å². The second kappa shape index (κ2) is 9.49. The molecule has 0 bridgehead atoms. The lowest BCUT2D eigenvalue weighted by Gasteiger charge is -2.18. The fraction of sp³-hybridized carbons (Fsp3) is 0.250. The zero-order valence-electron chi connectivity index (χ0n) is 17.3. The van der Waals surface area contributed by atoms with Gasteiger partial charge in [0.1, 0.15) is 18.9 Å². The van der Waals surface area contributed by atoms with E-state index in [0.717, 1.165) is 22.5 Å². The number of amides is 1. The van der Waals surface area contributed by atoms with Gasteiger partial charge in [0.2, 0.25) is 5.91 Å². The summed E-state index contributed by atoms with van der Waals surface area (Å²) in [5, 5.41) is 16.9. The predicted octanol–water partition coefficient (Wildman–Crippen LogP) is 3.21. The van der Waals surface area contributed by atoms with E-state index in [2.05, 4.69) is 5.32 Å². The van der Waals surface area contributed by atoms with Crippen LogP contribution >= 0.6 is 0 Å². The van der Waals surface area contributed by atoms with E-state index in [0.29, 0.717) is 31.1 Å². The number of rotatable bonds is 7. The molecule has 0 aliphatic carbocycles. The first kappa shape index (κ1) is 20.7. The number of benzene rings is 2. The highest BCUT2D eigenvalue weighted by atomic mass is 16.6. The first-order valence-corrected chi connectivity index (χ1v) is 10.3. The minimum atomic E-state index is -0.263. The maximum absolute atomic E-state index is 12.3. The summed E-state index contributed by atoms with van der Waals surface area (Å²) in [6, 6.07) is 15.2. The average molecular weight is 419 g/mol. The van der Waals surface area contributed by atoms with E-state index in [-0.39, 0.29) is 18.6 Å². The summed E-state index contributed by atoms with van der Waals surface area (Å²) in [7, 11) is 0. The molecule has 4 rings (SSSR count). The van der Waals surface area contributed by atoms with Crippen molar-refractivity contribution < 1.29 is 19.4 Å². The molecule has 0 saturated carbocycles. The fourth-order valence-electron chi connectivity index (χ4n) is 3.33. The highest BCUT2D eigenvalue weighted by molar-refractivity contribution is 5.93. The van der Waals surface area contributed by atoms with Gasteiger partial charge in [-0.25, -0.2) is 4.68 Å². The Morgan fingerprint density at radius 1 is 1.19 bits per heavy atom. The van der Waals surface area contributed by atoms with Crippen molar-refractivity contribution in [1.82, 2.24) is 15.1 Å². The SMILES string of the molecule is CC[C@H](CO)NC(=O)/C=C/c1cn(-c2ccccc2)nc1-c1ccc2c(c1)OCCO2. The van der Waals surface area contributed by atoms with E-state index >= 15 is 0 Å². The van der Waals surface area contributed by atoms with Gasteiger partial charge < -0.3 is 19.9 Å². The molecule has 160 valence electrons. The van der Waals surface area contributed by atoms with Crippen LogP contribution in [0.5, 0.6) is 11.5 Å². The zero-order valence-corrected chi connectivity index (χ0v) is 17.3. The van der Waals surface area contributed by atoms with Gasteiger partial charge in [0, 0.05) is 23.4 Å². The summed E-state index contributed by atoms with van der Waals surface area (Å²) in [6.45, 7) is 2.86. The van der Waals surface area contributed by atoms with Crippen LogP contribution in [0.2, 0.25) is 0 Å². The summed E-state index contributed by atoms with van der Waals surface area (Å²) in [5.41, 5.74) is 3.28. The molecule has 0 fully saturated rings. The molecular weight excluding hydrogens is 394 g/mol. The van der Waals surface area contributed by atoms with Gasteiger partial charge in [-0.05, 0) is 42.8 Å². The number of hydrogen-bond acceptors (Lipinski definition) is 5. The Labute approximate surface area is 180 Å². The van der Waals surface area contributed by atoms with E-state index in [9.17, 15) is 9.90 Å². The molecule has 1 aliphatic heterocycles. The maximum Gasteiger partial charge on any atom is 0.244 e. The number of nitrogens with one attached hydrogen (secondary N) is 1. The lowest BCUT2D eigenvalue weighted by molar-refractivity contribution is -0.117. The maximum atomic E-state index is 12.3. The van der Waals surface area contributed by atoms with Crippen molar-refractivity contribution in [2.24, 2.45) is 0 Å². The summed E-state index contributed by atoms with van der Waals surface area (Å²) >= 11 is 0. The van der Waals surface area contributed by atoms with Crippen molar-refractivity contribution in [3.05, 3.63) is 66.4 Å². The van der Waals surface area contributed by atoms with Crippen LogP contribution in [0.25, 0.3) is 23.0 Å². The highest BCUT2D eigenvalue weighted by Crippen LogP contribution is 2.35. The number of nitrogens with zero attached hydrogens (tertiary/aromatic N) is 2. The molecular formula is C24H25N3O4. The average Bonchev–Trinajstić information content (AvgIpc) is 3.26. The Balaban J connectivity index is 1.69. The highest BCUT2D eigenvalue weighted by Gasteiger charge is 2.16. The first-order chi connectivity index (χ1) is 15.2. The third-order valence-electron chi connectivity index (χ3n) is 5.05. The van der Waals surface area contributed by atoms with Crippen molar-refractivity contribution in [2.45, 2.75) is 19.4 Å². The Morgan fingerprint density at radius 3 is 2.71 bits per heavy atom. The quantitative estimate of drug-likeness (QED) is 0.575. The van der Waals surface area contributed by atoms with Gasteiger partial charge in [-0.2, -0.15) is 5.10 Å². The zero-order chi connectivity index (χ0) is 21.6. The van der Waals surface area contributed by atoms with Crippen molar-refractivity contribution in [2.75, 3.05) is 19.8 Å². The number of carbonyl (C=O) groups is 1. The standard InChI is InChI=1S/C24H25N3O4/c1-2-19(16-28)25-23(29)11-9-18-15-27(20-6-4-3-5-7-20)26-24(18)17-8-10-21-22(14-17)31-13-12-30-21/h3-11,14-15,19,28H,2,12-13,16H2,1H3,(H,25,29)/b11-9+/t19-/m1/s1. The van der Waals surface area contributed by atoms with Crippen LogP contribution in [0.4, 0.5) is 0 Å². The Bertz CT molecular complexity index is 1070. The molecule has 2 N–H and O–H groups in total. The van der Waals surface area contributed by atoms with Crippen LogP contribution in [0, 0.1) is 0 Å². The second-order valence-electron chi connectivity index (χ2n) is 7.20. The topological polar surface area (TPSA) is 85.6 Å². The number of aromatic nitrogens is 2. The minimum absolute atomic E-state index is 0.0928. The number of ether oxygens (including phenoxy) is 2. The van der Waals surface area contributed by atoms with Gasteiger partial charge in [-0.1, -0.05) is 25.1 Å². The van der Waals surface area contributed by atoms with Crippen LogP contribution in [0.15, 0.2) is 60.8 Å². The van der Waals surface area contributed by atoms with E-state index < -0.39 is 0 Å². The van der Waals surface area contributed by atoms with Crippen molar-refractivity contribution in [3.8, 4) is 28.4 Å². The number of aliphatic hydroxyl groups excluding tert-OH is 1. The van der Waals surface area contributed by atoms with Gasteiger partial charge >= 0.3 is 0 Å². The smallest absolute Gasteiger partial charge is 0.244 e. The van der Waals surface area contributed by atoms with Crippen LogP contribution in [0.3, 0.4) is 0 Å². The molecule has 7 heteroatoms. The van der Waals surface area contributed by atoms with Gasteiger partial charge in [0.05, 0.1) is 18.3 Å². The summed E-state index contributed by atoms with van der Waals surface area (Å²) in [6.07, 6.45) is 5.74. The van der Waals surface area contributed by atoms with Crippen molar-refractivity contribution in [1.29, 1.82) is 0 Å². The molecule has 0 unspecified atom stereocenters. The van der Waals surface area contributed by atoms with Crippen LogP contribution < -0.4 is 14.8 Å². The summed E-state index contributed by atoms with van der Waals surface area (Å²) in [4.78, 5) is 12.3. The van der Waals surface area contributed by atoms with Crippen LogP contribution in [0.1, 0.15) is 18.9 Å². The number of fused-ring (bicyclic) bond motifs is 1. The third kappa shape index (κ3) is 4.78. The first-order valence-electron chi connectivity index (χ1n) is 10.3. The number of carbonyl (C=O) groups excluding carboxylic acids is 1. The Hall–Kier alpha value is -3.58. The predicted molar refractivity (Wildman–Crippen MR) is 118 cm³/mol. The van der Waals surface area contributed by atoms with E-state index in [1.807, 2.05) is 61.7 Å².